The van der Waals surface area contributed by atoms with Gasteiger partial charge in [-0.05, 0) is 30.5 Å². The topological polar surface area (TPSA) is 74.1 Å². The summed E-state index contributed by atoms with van der Waals surface area (Å²) in [6.45, 7) is 0. The van der Waals surface area contributed by atoms with Crippen molar-refractivity contribution in [2.45, 2.75) is 35.5 Å². The van der Waals surface area contributed by atoms with Gasteiger partial charge in [-0.2, -0.15) is 0 Å². The zero-order valence-electron chi connectivity index (χ0n) is 15.0. The van der Waals surface area contributed by atoms with Gasteiger partial charge >= 0.3 is 0 Å². The lowest BCUT2D eigenvalue weighted by atomic mass is 9.93. The molecule has 2 aliphatic rings. The van der Waals surface area contributed by atoms with Crippen molar-refractivity contribution in [2.24, 2.45) is 5.92 Å². The van der Waals surface area contributed by atoms with Crippen molar-refractivity contribution in [3.63, 3.8) is 0 Å². The molecule has 5 rings (SSSR count). The molecule has 0 bridgehead atoms. The first-order valence-corrected chi connectivity index (χ1v) is 10.4. The van der Waals surface area contributed by atoms with Crippen LogP contribution in [0.4, 0.5) is 8.78 Å². The van der Waals surface area contributed by atoms with Crippen LogP contribution in [0.15, 0.2) is 47.8 Å². The fraction of sp³-hybridized carbons (Fsp3) is 0.368. The van der Waals surface area contributed by atoms with Crippen LogP contribution in [-0.4, -0.2) is 35.4 Å². The number of fused-ring (bicyclic) bond motifs is 2. The molecule has 0 amide bonds. The Kier molecular flexibility index (Phi) is 3.44. The quantitative estimate of drug-likeness (QED) is 0.665. The molecule has 2 fully saturated rings. The van der Waals surface area contributed by atoms with E-state index in [0.717, 1.165) is 3.97 Å². The molecule has 2 aromatic heterocycles. The van der Waals surface area contributed by atoms with Crippen LogP contribution in [0.1, 0.15) is 24.8 Å². The third kappa shape index (κ3) is 1.97. The number of methoxy groups -OCH3 is 1. The number of rotatable bonds is 4. The Bertz CT molecular complexity index is 1190. The highest BCUT2D eigenvalue weighted by atomic mass is 32.2. The molecule has 2 unspecified atom stereocenters. The molecular formula is C19H17F2N3O3S. The average molecular weight is 405 g/mol. The van der Waals surface area contributed by atoms with Gasteiger partial charge in [-0.1, -0.05) is 24.6 Å². The zero-order valence-corrected chi connectivity index (χ0v) is 15.8. The van der Waals surface area contributed by atoms with Crippen LogP contribution in [0, 0.1) is 5.92 Å². The smallest absolute Gasteiger partial charge is 0.269 e. The molecule has 0 spiro atoms. The first kappa shape index (κ1) is 17.5. The minimum Gasteiger partial charge on any atom is -0.480 e. The lowest BCUT2D eigenvalue weighted by Crippen LogP contribution is -2.16. The number of nitrogens with zero attached hydrogens (tertiary/aromatic N) is 3. The summed E-state index contributed by atoms with van der Waals surface area (Å²) in [7, 11) is -2.64. The molecule has 1 aromatic carbocycles. The fourth-order valence-corrected chi connectivity index (χ4v) is 6.12. The summed E-state index contributed by atoms with van der Waals surface area (Å²) in [5, 5.41) is 0.244. The van der Waals surface area contributed by atoms with Crippen molar-refractivity contribution in [3.8, 4) is 5.88 Å². The highest BCUT2D eigenvalue weighted by molar-refractivity contribution is 7.90. The van der Waals surface area contributed by atoms with E-state index in [1.54, 1.807) is 18.2 Å². The highest BCUT2D eigenvalue weighted by Gasteiger charge is 2.82. The maximum atomic E-state index is 14.7. The van der Waals surface area contributed by atoms with Crippen LogP contribution in [0.25, 0.3) is 11.0 Å². The third-order valence-corrected chi connectivity index (χ3v) is 7.76. The van der Waals surface area contributed by atoms with E-state index in [4.69, 9.17) is 4.74 Å². The van der Waals surface area contributed by atoms with Gasteiger partial charge in [0, 0.05) is 12.1 Å². The molecule has 2 aliphatic carbocycles. The molecule has 6 nitrogen and oxygen atoms in total. The predicted molar refractivity (Wildman–Crippen MR) is 97.1 cm³/mol. The second-order valence-electron chi connectivity index (χ2n) is 7.28. The first-order valence-electron chi connectivity index (χ1n) is 8.94. The summed E-state index contributed by atoms with van der Waals surface area (Å²) in [6.07, 6.45) is 3.86. The number of benzene rings is 1. The Labute approximate surface area is 160 Å². The van der Waals surface area contributed by atoms with E-state index in [-0.39, 0.29) is 27.4 Å². The lowest BCUT2D eigenvalue weighted by molar-refractivity contribution is 0.0641. The Hall–Kier alpha value is -2.55. The third-order valence-electron chi connectivity index (χ3n) is 6.10. The SMILES string of the molecule is COc1ncnc2c1c(C13CCCC1C3(F)F)cn2S(=O)(=O)c1ccccc1. The van der Waals surface area contributed by atoms with E-state index >= 15 is 0 Å². The van der Waals surface area contributed by atoms with Crippen LogP contribution in [0.5, 0.6) is 5.88 Å². The molecule has 0 N–H and O–H groups in total. The Morgan fingerprint density at radius 3 is 2.61 bits per heavy atom. The maximum Gasteiger partial charge on any atom is 0.269 e. The van der Waals surface area contributed by atoms with Crippen molar-refractivity contribution in [1.82, 2.24) is 13.9 Å². The van der Waals surface area contributed by atoms with Crippen molar-refractivity contribution < 1.29 is 21.9 Å². The highest BCUT2D eigenvalue weighted by Crippen LogP contribution is 2.75. The van der Waals surface area contributed by atoms with Crippen molar-refractivity contribution in [3.05, 3.63) is 48.4 Å². The minimum absolute atomic E-state index is 0.0495. The molecule has 0 radical (unpaired) electrons. The van der Waals surface area contributed by atoms with Gasteiger partial charge in [-0.25, -0.2) is 31.1 Å². The van der Waals surface area contributed by atoms with Crippen molar-refractivity contribution in [2.75, 3.05) is 7.11 Å². The zero-order chi connectivity index (χ0) is 19.7. The van der Waals surface area contributed by atoms with Crippen molar-refractivity contribution in [1.29, 1.82) is 0 Å². The molecule has 2 heterocycles. The van der Waals surface area contributed by atoms with Gasteiger partial charge in [0.2, 0.25) is 5.88 Å². The second kappa shape index (κ2) is 5.50. The first-order chi connectivity index (χ1) is 13.4. The van der Waals surface area contributed by atoms with E-state index in [2.05, 4.69) is 9.97 Å². The second-order valence-corrected chi connectivity index (χ2v) is 9.09. The van der Waals surface area contributed by atoms with Gasteiger partial charge in [0.15, 0.2) is 5.65 Å². The summed E-state index contributed by atoms with van der Waals surface area (Å²) in [5.41, 5.74) is -1.07. The number of ether oxygens (including phenoxy) is 1. The van der Waals surface area contributed by atoms with Crippen LogP contribution >= 0.6 is 0 Å². The van der Waals surface area contributed by atoms with Gasteiger partial charge in [-0.3, -0.25) is 0 Å². The van der Waals surface area contributed by atoms with Gasteiger partial charge < -0.3 is 4.74 Å². The fourth-order valence-electron chi connectivity index (χ4n) is 4.78. The van der Waals surface area contributed by atoms with E-state index in [0.29, 0.717) is 19.3 Å². The number of alkyl halides is 2. The summed E-state index contributed by atoms with van der Waals surface area (Å²) in [5.74, 6) is -3.56. The van der Waals surface area contributed by atoms with E-state index < -0.39 is 27.3 Å². The Morgan fingerprint density at radius 1 is 1.21 bits per heavy atom. The molecule has 2 atom stereocenters. The monoisotopic (exact) mass is 405 g/mol. The van der Waals surface area contributed by atoms with Crippen LogP contribution in [-0.2, 0) is 15.4 Å². The van der Waals surface area contributed by atoms with Crippen LogP contribution in [0.3, 0.4) is 0 Å². The molecule has 9 heteroatoms. The molecule has 0 aliphatic heterocycles. The molecule has 3 aromatic rings. The number of aromatic nitrogens is 3. The van der Waals surface area contributed by atoms with Gasteiger partial charge in [0.05, 0.1) is 22.8 Å². The largest absolute Gasteiger partial charge is 0.480 e. The summed E-state index contributed by atoms with van der Waals surface area (Å²) in [4.78, 5) is 8.21. The molecule has 2 saturated carbocycles. The standard InChI is InChI=1S/C19H17F2N3O3S/c1-27-17-15-13(18-9-5-8-14(18)19(18,20)21)10-24(16(15)22-11-23-17)28(25,26)12-6-3-2-4-7-12/h2-4,6-7,10-11,14H,5,8-9H2,1H3. The summed E-state index contributed by atoms with van der Waals surface area (Å²) >= 11 is 0. The van der Waals surface area contributed by atoms with Gasteiger partial charge in [-0.15, -0.1) is 0 Å². The number of hydrogen-bond acceptors (Lipinski definition) is 5. The van der Waals surface area contributed by atoms with E-state index in [1.807, 2.05) is 0 Å². The van der Waals surface area contributed by atoms with Crippen LogP contribution in [0.2, 0.25) is 0 Å². The number of halogens is 2. The minimum atomic E-state index is -4.02. The summed E-state index contributed by atoms with van der Waals surface area (Å²) < 4.78 is 62.2. The Morgan fingerprint density at radius 2 is 1.96 bits per heavy atom. The Balaban J connectivity index is 1.83. The molecule has 28 heavy (non-hydrogen) atoms. The lowest BCUT2D eigenvalue weighted by Gasteiger charge is -2.13. The van der Waals surface area contributed by atoms with Crippen LogP contribution < -0.4 is 4.74 Å². The van der Waals surface area contributed by atoms with E-state index in [1.165, 1.54) is 31.8 Å². The average Bonchev–Trinajstić information content (AvgIpc) is 3.13. The normalized spacial score (nSPS) is 25.6. The van der Waals surface area contributed by atoms with Crippen molar-refractivity contribution >= 4 is 21.1 Å². The van der Waals surface area contributed by atoms with Gasteiger partial charge in [0.1, 0.15) is 6.33 Å². The predicted octanol–water partition coefficient (Wildman–Crippen LogP) is 3.36. The molecular weight excluding hydrogens is 388 g/mol. The number of hydrogen-bond donors (Lipinski definition) is 0. The molecule has 0 saturated heterocycles. The molecule has 146 valence electrons. The van der Waals surface area contributed by atoms with E-state index in [9.17, 15) is 17.2 Å². The summed E-state index contributed by atoms with van der Waals surface area (Å²) in [6, 6.07) is 7.84. The maximum absolute atomic E-state index is 14.7. The van der Waals surface area contributed by atoms with Gasteiger partial charge in [0.25, 0.3) is 15.9 Å².